The van der Waals surface area contributed by atoms with E-state index in [9.17, 15) is 20.1 Å². The maximum Gasteiger partial charge on any atom is 0.308 e. The smallest absolute Gasteiger partial charge is 0.308 e. The minimum absolute atomic E-state index is 0.0322. The lowest BCUT2D eigenvalue weighted by molar-refractivity contribution is -0.347. The fraction of sp³-hybridized carbons (Fsp3) is 0.919. The lowest BCUT2D eigenvalue weighted by Crippen LogP contribution is -2.61. The van der Waals surface area contributed by atoms with Crippen LogP contribution in [0.4, 0.5) is 0 Å². The van der Waals surface area contributed by atoms with Crippen molar-refractivity contribution in [3.8, 4) is 0 Å². The highest BCUT2D eigenvalue weighted by Gasteiger charge is 2.66. The molecule has 30 atom stereocenters. The van der Waals surface area contributed by atoms with Gasteiger partial charge in [-0.25, -0.2) is 0 Å². The van der Waals surface area contributed by atoms with Crippen molar-refractivity contribution >= 4 is 5.97 Å². The summed E-state index contributed by atoms with van der Waals surface area (Å²) >= 11 is 0. The van der Waals surface area contributed by atoms with Crippen LogP contribution in [0.3, 0.4) is 0 Å². The van der Waals surface area contributed by atoms with Gasteiger partial charge in [0.05, 0.1) is 142 Å². The van der Waals surface area contributed by atoms with Crippen molar-refractivity contribution in [2.24, 2.45) is 23.7 Å². The van der Waals surface area contributed by atoms with Crippen molar-refractivity contribution in [2.75, 3.05) is 20.3 Å². The SMILES string of the molecule is C=C1CO[C@@H](CC[C@]23C[C@@H](OC)C(O2)C2C[C@@H](O3)[C@H]3O[C@@H](CC(=O)O[C@@H]4[C@@H](C)[C@@H]5O[C@@H]6C[C@]7(C[C@@H]8O[C@]9(C[C@H](C)[C@@H]%10O[C@H]([C@@H](O)C[C@@H](O)CO)C[C@@H]%10O9)C[C@H](C)[C@@H]8O7)O[C@@H]6C[C@@H]5O[C@H]4C[C@H]4O[C@@H](CCC)C[C@@H](C)C4=C)CC[C@@H]3O2)C1. The fourth-order valence-corrected chi connectivity index (χ4v) is 17.5. The first-order valence-electron chi connectivity index (χ1n) is 31.6. The minimum Gasteiger partial charge on any atom is -0.459 e. The lowest BCUT2D eigenvalue weighted by Gasteiger charge is -2.50. The van der Waals surface area contributed by atoms with Crippen LogP contribution in [0.15, 0.2) is 24.3 Å². The molecule has 13 heterocycles. The second-order valence-electron chi connectivity index (χ2n) is 27.5. The summed E-state index contributed by atoms with van der Waals surface area (Å²) in [4.78, 5) is 14.6. The van der Waals surface area contributed by atoms with E-state index < -0.39 is 60.6 Å². The molecule has 13 aliphatic heterocycles. The van der Waals surface area contributed by atoms with Gasteiger partial charge in [0.25, 0.3) is 0 Å². The molecule has 3 N–H and O–H groups in total. The summed E-state index contributed by atoms with van der Waals surface area (Å²) in [6.45, 7) is 19.8. The Kier molecular flexibility index (Phi) is 16.6. The quantitative estimate of drug-likeness (QED) is 0.123. The first-order valence-corrected chi connectivity index (χ1v) is 31.6. The highest BCUT2D eigenvalue weighted by Crippen LogP contribution is 2.57. The second-order valence-corrected chi connectivity index (χ2v) is 27.5. The predicted octanol–water partition coefficient (Wildman–Crippen LogP) is 6.20. The van der Waals surface area contributed by atoms with Crippen LogP contribution in [-0.2, 0) is 75.8 Å². The van der Waals surface area contributed by atoms with Gasteiger partial charge in [-0.2, -0.15) is 0 Å². The summed E-state index contributed by atoms with van der Waals surface area (Å²) < 4.78 is 102. The van der Waals surface area contributed by atoms with Crippen molar-refractivity contribution in [1.29, 1.82) is 0 Å². The average Bonchev–Trinajstić information content (AvgIpc) is 4.49. The third-order valence-corrected chi connectivity index (χ3v) is 21.4. The topological polar surface area (TPSA) is 216 Å². The maximum atomic E-state index is 14.6. The van der Waals surface area contributed by atoms with E-state index in [1.807, 2.05) is 0 Å². The van der Waals surface area contributed by atoms with E-state index in [1.54, 1.807) is 7.11 Å². The van der Waals surface area contributed by atoms with Gasteiger partial charge < -0.3 is 86.4 Å². The van der Waals surface area contributed by atoms with Crippen molar-refractivity contribution in [1.82, 2.24) is 0 Å². The van der Waals surface area contributed by atoms with E-state index >= 15 is 0 Å². The molecule has 81 heavy (non-hydrogen) atoms. The molecular formula is C62H94O19. The molecule has 0 aromatic carbocycles. The van der Waals surface area contributed by atoms with E-state index in [1.165, 1.54) is 0 Å². The number of fused-ring (bicyclic) bond motifs is 11. The van der Waals surface area contributed by atoms with Crippen LogP contribution in [0.1, 0.15) is 157 Å². The molecule has 19 nitrogen and oxygen atoms in total. The average molecular weight is 1140 g/mol. The number of carbonyl (C=O) groups is 1. The molecule has 0 aliphatic carbocycles. The van der Waals surface area contributed by atoms with Crippen LogP contribution in [-0.4, -0.2) is 199 Å². The lowest BCUT2D eigenvalue weighted by atomic mass is 9.79. The van der Waals surface area contributed by atoms with Gasteiger partial charge in [0, 0.05) is 83.7 Å². The number of carbonyl (C=O) groups excluding carboxylic acids is 1. The van der Waals surface area contributed by atoms with Gasteiger partial charge in [0.15, 0.2) is 17.4 Å². The molecule has 13 aliphatic rings. The zero-order chi connectivity index (χ0) is 56.3. The largest absolute Gasteiger partial charge is 0.459 e. The highest BCUT2D eigenvalue weighted by molar-refractivity contribution is 5.70. The minimum atomic E-state index is -1.02. The normalized spacial score (nSPS) is 52.4. The van der Waals surface area contributed by atoms with Gasteiger partial charge in [0.2, 0.25) is 0 Å². The van der Waals surface area contributed by atoms with Gasteiger partial charge in [-0.05, 0) is 67.4 Å². The Balaban J connectivity index is 0.675. The Morgan fingerprint density at radius 1 is 0.679 bits per heavy atom. The Bertz CT molecular complexity index is 2270. The zero-order valence-corrected chi connectivity index (χ0v) is 48.7. The van der Waals surface area contributed by atoms with E-state index in [4.69, 9.17) is 71.1 Å². The van der Waals surface area contributed by atoms with Crippen molar-refractivity contribution < 1.29 is 91.2 Å². The Morgan fingerprint density at radius 2 is 1.42 bits per heavy atom. The molecule has 0 aromatic rings. The number of aliphatic hydroxyl groups excluding tert-OH is 3. The number of methoxy groups -OCH3 is 1. The van der Waals surface area contributed by atoms with Gasteiger partial charge in [-0.15, -0.1) is 0 Å². The van der Waals surface area contributed by atoms with E-state index in [-0.39, 0.29) is 146 Å². The first-order chi connectivity index (χ1) is 38.9. The van der Waals surface area contributed by atoms with E-state index in [2.05, 4.69) is 47.8 Å². The molecule has 13 fully saturated rings. The molecule has 2 unspecified atom stereocenters. The maximum absolute atomic E-state index is 14.6. The number of hydrogen-bond acceptors (Lipinski definition) is 19. The summed E-state index contributed by atoms with van der Waals surface area (Å²) in [5.74, 6) is -2.70. The zero-order valence-electron chi connectivity index (χ0n) is 48.7. The number of hydrogen-bond donors (Lipinski definition) is 3. The monoisotopic (exact) mass is 1140 g/mol. The number of rotatable bonds is 15. The molecule has 456 valence electrons. The van der Waals surface area contributed by atoms with Crippen LogP contribution < -0.4 is 0 Å². The predicted molar refractivity (Wildman–Crippen MR) is 287 cm³/mol. The summed E-state index contributed by atoms with van der Waals surface area (Å²) in [5.41, 5.74) is 2.16. The standard InChI is InChI=1S/C62H94O19/c1-9-10-38-16-31(3)34(6)42(69-38)19-45-57(75-53(66)18-39-11-12-41-58(70-39)49-22-47(71-41)59-51(67-8)26-60(77-49,81-59)14-13-37-15-30(2)29-68-37)35(7)56-46(72-45)21-44-50(74-56)25-62(76-44)27-52-55(80-62)33(5)24-61(79-52)23-32(4)54-48(78-61)20-43(73-54)40(65)17-36(64)28-63/h31-33,35-52,54-59,63-65H,2,6,9-29H2,1,3-5,7-8H3/t31-,32+,33+,35+,36-,37+,38+,39-,40+,41+,42-,43+,44-,45+,46+,47?,48+,49-,50-,51-,52+,54+,55+,56+,57-,58+,59?,60-,61-,62+/m1/s1. The second kappa shape index (κ2) is 23.1. The van der Waals surface area contributed by atoms with Gasteiger partial charge in [-0.3, -0.25) is 4.79 Å². The first kappa shape index (κ1) is 58.3. The van der Waals surface area contributed by atoms with Crippen LogP contribution in [0.25, 0.3) is 0 Å². The molecule has 19 heteroatoms. The molecule has 0 saturated carbocycles. The molecule has 0 amide bonds. The number of esters is 1. The van der Waals surface area contributed by atoms with Gasteiger partial charge in [-0.1, -0.05) is 54.2 Å². The summed E-state index contributed by atoms with van der Waals surface area (Å²) in [5, 5.41) is 30.3. The van der Waals surface area contributed by atoms with Gasteiger partial charge in [0.1, 0.15) is 18.3 Å². The Hall–Kier alpha value is -1.73. The third kappa shape index (κ3) is 11.4. The van der Waals surface area contributed by atoms with E-state index in [0.717, 1.165) is 49.7 Å². The van der Waals surface area contributed by atoms with Crippen molar-refractivity contribution in [3.05, 3.63) is 24.3 Å². The van der Waals surface area contributed by atoms with E-state index in [0.29, 0.717) is 77.2 Å². The molecule has 2 spiro atoms. The highest BCUT2D eigenvalue weighted by atomic mass is 16.8. The molecular weight excluding hydrogens is 1050 g/mol. The Morgan fingerprint density at radius 3 is 2.20 bits per heavy atom. The summed E-state index contributed by atoms with van der Waals surface area (Å²) in [6.07, 6.45) is 4.12. The number of aliphatic hydroxyl groups is 3. The van der Waals surface area contributed by atoms with Crippen LogP contribution in [0.5, 0.6) is 0 Å². The summed E-state index contributed by atoms with van der Waals surface area (Å²) in [6, 6.07) is 0. The number of ether oxygens (including phenoxy) is 15. The van der Waals surface area contributed by atoms with Crippen LogP contribution in [0.2, 0.25) is 0 Å². The summed E-state index contributed by atoms with van der Waals surface area (Å²) in [7, 11) is 1.74. The molecule has 0 aromatic heterocycles. The van der Waals surface area contributed by atoms with Crippen LogP contribution >= 0.6 is 0 Å². The van der Waals surface area contributed by atoms with Crippen LogP contribution in [0, 0.1) is 23.7 Å². The molecule has 4 bridgehead atoms. The third-order valence-electron chi connectivity index (χ3n) is 21.4. The van der Waals surface area contributed by atoms with Crippen molar-refractivity contribution in [2.45, 2.75) is 314 Å². The molecule has 13 saturated heterocycles. The fourth-order valence-electron chi connectivity index (χ4n) is 17.5. The Labute approximate surface area is 478 Å². The molecule has 13 rings (SSSR count). The van der Waals surface area contributed by atoms with Gasteiger partial charge >= 0.3 is 5.97 Å². The molecule has 0 radical (unpaired) electrons. The van der Waals surface area contributed by atoms with Crippen molar-refractivity contribution in [3.63, 3.8) is 0 Å².